The van der Waals surface area contributed by atoms with Gasteiger partial charge in [-0.2, -0.15) is 0 Å². The van der Waals surface area contributed by atoms with E-state index in [9.17, 15) is 14.4 Å². The van der Waals surface area contributed by atoms with Gasteiger partial charge in [0.15, 0.2) is 6.10 Å². The molecule has 0 spiro atoms. The summed E-state index contributed by atoms with van der Waals surface area (Å²) in [7, 11) is 0. The smallest absolute Gasteiger partial charge is 0.326 e. The Morgan fingerprint density at radius 2 is 1.88 bits per heavy atom. The maximum atomic E-state index is 12.0. The number of esters is 1. The van der Waals surface area contributed by atoms with Gasteiger partial charge in [0.25, 0.3) is 11.8 Å². The van der Waals surface area contributed by atoms with Crippen molar-refractivity contribution in [2.75, 3.05) is 11.9 Å². The van der Waals surface area contributed by atoms with Crippen molar-refractivity contribution in [2.24, 2.45) is 0 Å². The Kier molecular flexibility index (Phi) is 7.17. The number of rotatable bonds is 6. The van der Waals surface area contributed by atoms with Gasteiger partial charge in [0.2, 0.25) is 0 Å². The molecule has 2 amide bonds. The zero-order valence-corrected chi connectivity index (χ0v) is 16.1. The molecule has 2 N–H and O–H groups in total. The zero-order chi connectivity index (χ0) is 19.1. The molecule has 2 rings (SSSR count). The molecule has 0 aliphatic rings. The van der Waals surface area contributed by atoms with Crippen LogP contribution in [-0.2, 0) is 14.3 Å². The molecule has 0 aliphatic carbocycles. The molecule has 26 heavy (non-hydrogen) atoms. The summed E-state index contributed by atoms with van der Waals surface area (Å²) < 4.78 is 5.77. The van der Waals surface area contributed by atoms with Gasteiger partial charge in [-0.05, 0) is 43.3 Å². The zero-order valence-electron chi connectivity index (χ0n) is 13.8. The molecule has 0 radical (unpaired) electrons. The Morgan fingerprint density at radius 1 is 1.15 bits per heavy atom. The van der Waals surface area contributed by atoms with Gasteiger partial charge in [-0.25, -0.2) is 0 Å². The molecule has 6 nitrogen and oxygen atoms in total. The number of hydrogen-bond acceptors (Lipinski definition) is 4. The molecule has 0 saturated carbocycles. The van der Waals surface area contributed by atoms with Crippen LogP contribution < -0.4 is 10.6 Å². The highest BCUT2D eigenvalue weighted by Crippen LogP contribution is 2.15. The third-order valence-corrected chi connectivity index (χ3v) is 3.98. The molecule has 0 aliphatic heterocycles. The molecule has 0 heterocycles. The van der Waals surface area contributed by atoms with Crippen molar-refractivity contribution in [3.63, 3.8) is 0 Å². The lowest BCUT2D eigenvalue weighted by molar-refractivity contribution is -0.152. The molecule has 0 saturated heterocycles. The third-order valence-electron chi connectivity index (χ3n) is 3.25. The fourth-order valence-electron chi connectivity index (χ4n) is 1.99. The average molecular weight is 440 g/mol. The average Bonchev–Trinajstić information content (AvgIpc) is 2.59. The normalized spacial score (nSPS) is 11.3. The monoisotopic (exact) mass is 438 g/mol. The predicted molar refractivity (Wildman–Crippen MR) is 102 cm³/mol. The summed E-state index contributed by atoms with van der Waals surface area (Å²) in [5.41, 5.74) is 0.896. The quantitative estimate of drug-likeness (QED) is 0.676. The lowest BCUT2D eigenvalue weighted by Crippen LogP contribution is -2.35. The largest absolute Gasteiger partial charge is 0.451 e. The standard InChI is InChI=1S/C18H16BrClN2O4/c1-11(17(24)22-15-7-3-6-14(20)9-15)26-16(23)10-21-18(25)12-4-2-5-13(19)8-12/h2-9,11H,10H2,1H3,(H,21,25)(H,22,24). The van der Waals surface area contributed by atoms with E-state index in [4.69, 9.17) is 16.3 Å². The number of ether oxygens (including phenoxy) is 1. The lowest BCUT2D eigenvalue weighted by atomic mass is 10.2. The fourth-order valence-corrected chi connectivity index (χ4v) is 2.58. The van der Waals surface area contributed by atoms with E-state index >= 15 is 0 Å². The van der Waals surface area contributed by atoms with Crippen molar-refractivity contribution >= 4 is 51.0 Å². The maximum absolute atomic E-state index is 12.0. The van der Waals surface area contributed by atoms with Crippen molar-refractivity contribution in [3.8, 4) is 0 Å². The lowest BCUT2D eigenvalue weighted by Gasteiger charge is -2.14. The Balaban J connectivity index is 1.81. The minimum Gasteiger partial charge on any atom is -0.451 e. The van der Waals surface area contributed by atoms with Gasteiger partial charge in [-0.15, -0.1) is 0 Å². The molecule has 0 bridgehead atoms. The first-order chi connectivity index (χ1) is 12.3. The highest BCUT2D eigenvalue weighted by atomic mass is 79.9. The molecular weight excluding hydrogens is 424 g/mol. The van der Waals surface area contributed by atoms with Crippen LogP contribution in [-0.4, -0.2) is 30.4 Å². The van der Waals surface area contributed by atoms with Crippen molar-refractivity contribution in [1.29, 1.82) is 0 Å². The van der Waals surface area contributed by atoms with Gasteiger partial charge >= 0.3 is 5.97 Å². The maximum Gasteiger partial charge on any atom is 0.326 e. The Morgan fingerprint density at radius 3 is 2.58 bits per heavy atom. The second kappa shape index (κ2) is 9.35. The number of nitrogens with one attached hydrogen (secondary N) is 2. The minimum absolute atomic E-state index is 0.347. The molecule has 8 heteroatoms. The van der Waals surface area contributed by atoms with Gasteiger partial charge in [0.05, 0.1) is 0 Å². The van der Waals surface area contributed by atoms with Crippen molar-refractivity contribution < 1.29 is 19.1 Å². The summed E-state index contributed by atoms with van der Waals surface area (Å²) in [6, 6.07) is 13.3. The van der Waals surface area contributed by atoms with E-state index < -0.39 is 23.9 Å². The van der Waals surface area contributed by atoms with E-state index in [1.807, 2.05) is 0 Å². The molecule has 136 valence electrons. The van der Waals surface area contributed by atoms with Crippen LogP contribution >= 0.6 is 27.5 Å². The second-order valence-electron chi connectivity index (χ2n) is 5.32. The topological polar surface area (TPSA) is 84.5 Å². The number of carbonyl (C=O) groups excluding carboxylic acids is 3. The van der Waals surface area contributed by atoms with Crippen molar-refractivity contribution in [3.05, 3.63) is 63.6 Å². The predicted octanol–water partition coefficient (Wildman–Crippen LogP) is 3.40. The Hall–Kier alpha value is -2.38. The first-order valence-corrected chi connectivity index (χ1v) is 8.82. The van der Waals surface area contributed by atoms with E-state index in [-0.39, 0.29) is 6.54 Å². The number of carbonyl (C=O) groups is 3. The van der Waals surface area contributed by atoms with E-state index in [1.165, 1.54) is 6.92 Å². The summed E-state index contributed by atoms with van der Waals surface area (Å²) >= 11 is 9.11. The molecule has 2 aromatic carbocycles. The Bertz CT molecular complexity index is 828. The van der Waals surface area contributed by atoms with Gasteiger partial charge in [-0.3, -0.25) is 14.4 Å². The molecular formula is C18H16BrClN2O4. The van der Waals surface area contributed by atoms with Gasteiger partial charge < -0.3 is 15.4 Å². The van der Waals surface area contributed by atoms with Gasteiger partial charge in [0, 0.05) is 20.7 Å². The first-order valence-electron chi connectivity index (χ1n) is 7.65. The third kappa shape index (κ3) is 6.16. The number of hydrogen-bond donors (Lipinski definition) is 2. The van der Waals surface area contributed by atoms with Crippen LogP contribution in [0.3, 0.4) is 0 Å². The van der Waals surface area contributed by atoms with Gasteiger partial charge in [0.1, 0.15) is 6.54 Å². The minimum atomic E-state index is -1.02. The molecule has 0 fully saturated rings. The van der Waals surface area contributed by atoms with Crippen LogP contribution in [0.2, 0.25) is 5.02 Å². The van der Waals surface area contributed by atoms with Crippen LogP contribution in [0.5, 0.6) is 0 Å². The summed E-state index contributed by atoms with van der Waals surface area (Å²) in [4.78, 5) is 35.8. The van der Waals surface area contributed by atoms with Crippen molar-refractivity contribution in [2.45, 2.75) is 13.0 Å². The highest BCUT2D eigenvalue weighted by molar-refractivity contribution is 9.10. The molecule has 1 unspecified atom stereocenters. The highest BCUT2D eigenvalue weighted by Gasteiger charge is 2.18. The van der Waals surface area contributed by atoms with E-state index in [0.717, 1.165) is 4.47 Å². The van der Waals surface area contributed by atoms with Crippen LogP contribution in [0.15, 0.2) is 53.0 Å². The fraction of sp³-hybridized carbons (Fsp3) is 0.167. The van der Waals surface area contributed by atoms with Crippen molar-refractivity contribution in [1.82, 2.24) is 5.32 Å². The van der Waals surface area contributed by atoms with Crippen LogP contribution in [0.1, 0.15) is 17.3 Å². The molecule has 2 aromatic rings. The van der Waals surface area contributed by atoms with E-state index in [1.54, 1.807) is 48.5 Å². The number of benzene rings is 2. The number of anilines is 1. The second-order valence-corrected chi connectivity index (χ2v) is 6.68. The number of halogens is 2. The summed E-state index contributed by atoms with van der Waals surface area (Å²) in [5, 5.41) is 5.51. The first kappa shape index (κ1) is 19.9. The van der Waals surface area contributed by atoms with E-state index in [0.29, 0.717) is 16.3 Å². The summed E-state index contributed by atoms with van der Waals surface area (Å²) in [5.74, 6) is -1.64. The SMILES string of the molecule is CC(OC(=O)CNC(=O)c1cccc(Br)c1)C(=O)Nc1cccc(Cl)c1. The molecule has 0 aromatic heterocycles. The van der Waals surface area contributed by atoms with E-state index in [2.05, 4.69) is 26.6 Å². The molecule has 1 atom stereocenters. The van der Waals surface area contributed by atoms with Gasteiger partial charge in [-0.1, -0.05) is 39.7 Å². The number of amides is 2. The Labute approximate surface area is 164 Å². The van der Waals surface area contributed by atoms with Crippen LogP contribution in [0.25, 0.3) is 0 Å². The van der Waals surface area contributed by atoms with Crippen LogP contribution in [0.4, 0.5) is 5.69 Å². The summed E-state index contributed by atoms with van der Waals surface area (Å²) in [6.45, 7) is 1.09. The summed E-state index contributed by atoms with van der Waals surface area (Å²) in [6.07, 6.45) is -1.02. The van der Waals surface area contributed by atoms with Crippen LogP contribution in [0, 0.1) is 0 Å².